The van der Waals surface area contributed by atoms with Gasteiger partial charge in [0.2, 0.25) is 0 Å². The zero-order valence-corrected chi connectivity index (χ0v) is 9.61. The molecule has 0 unspecified atom stereocenters. The summed E-state index contributed by atoms with van der Waals surface area (Å²) in [6.07, 6.45) is 3.99. The highest BCUT2D eigenvalue weighted by Gasteiger charge is 2.02. The lowest BCUT2D eigenvalue weighted by atomic mass is 10.3. The van der Waals surface area contributed by atoms with Gasteiger partial charge in [0.05, 0.1) is 0 Å². The van der Waals surface area contributed by atoms with Gasteiger partial charge >= 0.3 is 6.03 Å². The zero-order chi connectivity index (χ0) is 12.8. The van der Waals surface area contributed by atoms with Crippen LogP contribution in [0.2, 0.25) is 0 Å². The van der Waals surface area contributed by atoms with Gasteiger partial charge in [-0.15, -0.1) is 0 Å². The van der Waals surface area contributed by atoms with Crippen LogP contribution in [0.1, 0.15) is 5.82 Å². The number of aromatic nitrogens is 2. The van der Waals surface area contributed by atoms with Crippen LogP contribution in [0, 0.1) is 5.82 Å². The molecule has 0 saturated carbocycles. The molecular formula is C12H13FN4O. The number of benzene rings is 1. The molecule has 94 valence electrons. The van der Waals surface area contributed by atoms with Gasteiger partial charge in [-0.05, 0) is 18.2 Å². The molecule has 5 nitrogen and oxygen atoms in total. The van der Waals surface area contributed by atoms with Crippen LogP contribution in [0.15, 0.2) is 36.7 Å². The van der Waals surface area contributed by atoms with Gasteiger partial charge in [0.15, 0.2) is 0 Å². The minimum Gasteiger partial charge on any atom is -0.349 e. The number of anilines is 1. The Morgan fingerprint density at radius 3 is 3.06 bits per heavy atom. The number of urea groups is 1. The van der Waals surface area contributed by atoms with Crippen molar-refractivity contribution in [1.29, 1.82) is 0 Å². The number of halogens is 1. The second-order valence-electron chi connectivity index (χ2n) is 3.68. The van der Waals surface area contributed by atoms with E-state index in [2.05, 4.69) is 20.6 Å². The number of aromatic amines is 1. The topological polar surface area (TPSA) is 69.8 Å². The largest absolute Gasteiger partial charge is 0.349 e. The summed E-state index contributed by atoms with van der Waals surface area (Å²) in [5.41, 5.74) is 0.422. The summed E-state index contributed by atoms with van der Waals surface area (Å²) in [4.78, 5) is 18.4. The summed E-state index contributed by atoms with van der Waals surface area (Å²) < 4.78 is 12.9. The van der Waals surface area contributed by atoms with Crippen molar-refractivity contribution >= 4 is 11.7 Å². The third-order valence-corrected chi connectivity index (χ3v) is 2.28. The normalized spacial score (nSPS) is 10.1. The summed E-state index contributed by atoms with van der Waals surface area (Å²) >= 11 is 0. The number of hydrogen-bond donors (Lipinski definition) is 3. The number of H-pyrrole nitrogens is 1. The van der Waals surface area contributed by atoms with Crippen molar-refractivity contribution in [3.63, 3.8) is 0 Å². The fourth-order valence-electron chi connectivity index (χ4n) is 1.47. The molecule has 0 bridgehead atoms. The van der Waals surface area contributed by atoms with Crippen molar-refractivity contribution in [3.05, 3.63) is 48.3 Å². The van der Waals surface area contributed by atoms with E-state index in [4.69, 9.17) is 0 Å². The van der Waals surface area contributed by atoms with Crippen LogP contribution in [-0.2, 0) is 6.42 Å². The first kappa shape index (κ1) is 12.1. The van der Waals surface area contributed by atoms with Gasteiger partial charge in [0.25, 0.3) is 0 Å². The minimum absolute atomic E-state index is 0.368. The van der Waals surface area contributed by atoms with Gasteiger partial charge in [0.1, 0.15) is 11.6 Å². The van der Waals surface area contributed by atoms with E-state index < -0.39 is 0 Å². The SMILES string of the molecule is O=C(NCCc1ncc[nH]1)Nc1cccc(F)c1. The first-order valence-electron chi connectivity index (χ1n) is 5.53. The van der Waals surface area contributed by atoms with Crippen molar-refractivity contribution in [2.45, 2.75) is 6.42 Å². The second kappa shape index (κ2) is 5.81. The molecule has 0 aliphatic rings. The molecule has 0 saturated heterocycles. The molecule has 0 atom stereocenters. The van der Waals surface area contributed by atoms with Crippen molar-refractivity contribution < 1.29 is 9.18 Å². The number of amides is 2. The van der Waals surface area contributed by atoms with Crippen LogP contribution < -0.4 is 10.6 Å². The molecule has 1 aromatic heterocycles. The Kier molecular flexibility index (Phi) is 3.90. The van der Waals surface area contributed by atoms with Crippen LogP contribution in [0.5, 0.6) is 0 Å². The van der Waals surface area contributed by atoms with Crippen molar-refractivity contribution in [1.82, 2.24) is 15.3 Å². The predicted octanol–water partition coefficient (Wildman–Crippen LogP) is 1.91. The van der Waals surface area contributed by atoms with Crippen molar-refractivity contribution in [3.8, 4) is 0 Å². The third-order valence-electron chi connectivity index (χ3n) is 2.28. The van der Waals surface area contributed by atoms with E-state index in [1.54, 1.807) is 18.5 Å². The molecule has 0 spiro atoms. The fraction of sp³-hybridized carbons (Fsp3) is 0.167. The molecule has 2 aromatic rings. The van der Waals surface area contributed by atoms with E-state index in [0.29, 0.717) is 18.7 Å². The average Bonchev–Trinajstić information content (AvgIpc) is 2.82. The van der Waals surface area contributed by atoms with E-state index >= 15 is 0 Å². The molecule has 0 fully saturated rings. The molecule has 1 aromatic carbocycles. The molecule has 18 heavy (non-hydrogen) atoms. The Morgan fingerprint density at radius 2 is 2.33 bits per heavy atom. The second-order valence-corrected chi connectivity index (χ2v) is 3.68. The van der Waals surface area contributed by atoms with Crippen LogP contribution in [0.4, 0.5) is 14.9 Å². The smallest absolute Gasteiger partial charge is 0.319 e. The van der Waals surface area contributed by atoms with E-state index in [9.17, 15) is 9.18 Å². The summed E-state index contributed by atoms with van der Waals surface area (Å²) in [6, 6.07) is 5.36. The molecule has 2 rings (SSSR count). The first-order valence-corrected chi connectivity index (χ1v) is 5.53. The van der Waals surface area contributed by atoms with Gasteiger partial charge in [-0.25, -0.2) is 14.2 Å². The molecule has 0 radical (unpaired) electrons. The molecule has 0 aliphatic carbocycles. The molecule has 1 heterocycles. The molecule has 6 heteroatoms. The van der Waals surface area contributed by atoms with E-state index in [-0.39, 0.29) is 11.8 Å². The molecular weight excluding hydrogens is 235 g/mol. The Hall–Kier alpha value is -2.37. The monoisotopic (exact) mass is 248 g/mol. The number of imidazole rings is 1. The first-order chi connectivity index (χ1) is 8.74. The van der Waals surface area contributed by atoms with E-state index in [1.807, 2.05) is 0 Å². The summed E-state index contributed by atoms with van der Waals surface area (Å²) in [7, 11) is 0. The lowest BCUT2D eigenvalue weighted by Crippen LogP contribution is -2.30. The Labute approximate surface area is 103 Å². The fourth-order valence-corrected chi connectivity index (χ4v) is 1.47. The third kappa shape index (κ3) is 3.58. The Bertz CT molecular complexity index is 513. The van der Waals surface area contributed by atoms with Gasteiger partial charge in [-0.3, -0.25) is 0 Å². The Balaban J connectivity index is 1.75. The number of nitrogens with zero attached hydrogens (tertiary/aromatic N) is 1. The lowest BCUT2D eigenvalue weighted by Gasteiger charge is -2.06. The van der Waals surface area contributed by atoms with Crippen LogP contribution in [0.25, 0.3) is 0 Å². The number of carbonyl (C=O) groups is 1. The predicted molar refractivity (Wildman–Crippen MR) is 65.7 cm³/mol. The number of rotatable bonds is 4. The standard InChI is InChI=1S/C12H13FN4O/c13-9-2-1-3-10(8-9)17-12(18)16-5-4-11-14-6-7-15-11/h1-3,6-8H,4-5H2,(H,14,15)(H2,16,17,18). The van der Waals surface area contributed by atoms with Crippen LogP contribution in [-0.4, -0.2) is 22.5 Å². The average molecular weight is 248 g/mol. The maximum absolute atomic E-state index is 12.9. The van der Waals surface area contributed by atoms with Gasteiger partial charge < -0.3 is 15.6 Å². The minimum atomic E-state index is -0.386. The van der Waals surface area contributed by atoms with Crippen molar-refractivity contribution in [2.24, 2.45) is 0 Å². The van der Waals surface area contributed by atoms with Crippen LogP contribution in [0.3, 0.4) is 0 Å². The number of nitrogens with one attached hydrogen (secondary N) is 3. The highest BCUT2D eigenvalue weighted by atomic mass is 19.1. The Morgan fingerprint density at radius 1 is 1.44 bits per heavy atom. The van der Waals surface area contributed by atoms with Gasteiger partial charge in [0, 0.05) is 31.0 Å². The lowest BCUT2D eigenvalue weighted by molar-refractivity contribution is 0.252. The van der Waals surface area contributed by atoms with Gasteiger partial charge in [-0.2, -0.15) is 0 Å². The number of hydrogen-bond acceptors (Lipinski definition) is 2. The molecule has 0 aliphatic heterocycles. The highest BCUT2D eigenvalue weighted by molar-refractivity contribution is 5.89. The maximum Gasteiger partial charge on any atom is 0.319 e. The maximum atomic E-state index is 12.9. The van der Waals surface area contributed by atoms with Crippen molar-refractivity contribution in [2.75, 3.05) is 11.9 Å². The van der Waals surface area contributed by atoms with E-state index in [0.717, 1.165) is 5.82 Å². The summed E-state index contributed by atoms with van der Waals surface area (Å²) in [5, 5.41) is 5.20. The summed E-state index contributed by atoms with van der Waals surface area (Å²) in [6.45, 7) is 0.453. The number of carbonyl (C=O) groups excluding carboxylic acids is 1. The quantitative estimate of drug-likeness (QED) is 0.773. The molecule has 2 amide bonds. The molecule has 3 N–H and O–H groups in total. The summed E-state index contributed by atoms with van der Waals surface area (Å²) in [5.74, 6) is 0.421. The highest BCUT2D eigenvalue weighted by Crippen LogP contribution is 2.08. The van der Waals surface area contributed by atoms with Gasteiger partial charge in [-0.1, -0.05) is 6.07 Å². The van der Waals surface area contributed by atoms with E-state index in [1.165, 1.54) is 18.2 Å². The zero-order valence-electron chi connectivity index (χ0n) is 9.61. The van der Waals surface area contributed by atoms with Crippen LogP contribution >= 0.6 is 0 Å².